The van der Waals surface area contributed by atoms with Gasteiger partial charge in [0.15, 0.2) is 0 Å². The topological polar surface area (TPSA) is 41.5 Å². The maximum atomic E-state index is 11.9. The highest BCUT2D eigenvalue weighted by molar-refractivity contribution is 5.39. The van der Waals surface area contributed by atoms with E-state index < -0.39 is 12.6 Å². The van der Waals surface area contributed by atoms with Crippen molar-refractivity contribution in [3.8, 4) is 11.5 Å². The molecule has 0 amide bonds. The number of methoxy groups -OCH3 is 1. The lowest BCUT2D eigenvalue weighted by atomic mass is 10.2. The average Bonchev–Trinajstić information content (AvgIpc) is 2.33. The van der Waals surface area contributed by atoms with E-state index in [-0.39, 0.29) is 12.2 Å². The predicted octanol–water partition coefficient (Wildman–Crippen LogP) is 3.22. The second kappa shape index (κ2) is 7.23. The van der Waals surface area contributed by atoms with Crippen molar-refractivity contribution in [2.75, 3.05) is 13.7 Å². The van der Waals surface area contributed by atoms with Gasteiger partial charge in [0, 0.05) is 24.6 Å². The second-order valence-corrected chi connectivity index (χ2v) is 4.24. The first-order valence-corrected chi connectivity index (χ1v) is 6.06. The van der Waals surface area contributed by atoms with Crippen molar-refractivity contribution in [3.05, 3.63) is 23.8 Å². The van der Waals surface area contributed by atoms with Crippen LogP contribution >= 0.6 is 0 Å². The summed E-state index contributed by atoms with van der Waals surface area (Å²) >= 11 is 0. The molecule has 2 N–H and O–H groups in total. The van der Waals surface area contributed by atoms with E-state index in [1.807, 2.05) is 0 Å². The SMILES string of the molecule is COc1ccc(CNCCCCC(F)(F)F)c(O)c1. The van der Waals surface area contributed by atoms with Crippen LogP contribution in [0.3, 0.4) is 0 Å². The fourth-order valence-electron chi connectivity index (χ4n) is 1.62. The molecule has 0 aromatic heterocycles. The van der Waals surface area contributed by atoms with Crippen LogP contribution in [0.15, 0.2) is 18.2 Å². The largest absolute Gasteiger partial charge is 0.507 e. The highest BCUT2D eigenvalue weighted by Crippen LogP contribution is 2.23. The fraction of sp³-hybridized carbons (Fsp3) is 0.538. The number of aromatic hydroxyl groups is 1. The number of halogens is 3. The molecule has 19 heavy (non-hydrogen) atoms. The Morgan fingerprint density at radius 1 is 1.26 bits per heavy atom. The summed E-state index contributed by atoms with van der Waals surface area (Å²) in [6, 6.07) is 4.94. The van der Waals surface area contributed by atoms with E-state index in [4.69, 9.17) is 4.74 Å². The number of alkyl halides is 3. The third-order valence-electron chi connectivity index (χ3n) is 2.67. The molecule has 0 fully saturated rings. The van der Waals surface area contributed by atoms with Crippen molar-refractivity contribution in [2.24, 2.45) is 0 Å². The number of benzene rings is 1. The van der Waals surface area contributed by atoms with Gasteiger partial charge in [-0.05, 0) is 25.5 Å². The predicted molar refractivity (Wildman–Crippen MR) is 66.3 cm³/mol. The highest BCUT2D eigenvalue weighted by atomic mass is 19.4. The summed E-state index contributed by atoms with van der Waals surface area (Å²) in [5.41, 5.74) is 0.691. The van der Waals surface area contributed by atoms with Crippen LogP contribution in [0.2, 0.25) is 0 Å². The number of hydrogen-bond donors (Lipinski definition) is 2. The molecule has 108 valence electrons. The Bertz CT molecular complexity index is 394. The molecule has 0 aliphatic carbocycles. The van der Waals surface area contributed by atoms with E-state index in [2.05, 4.69) is 5.32 Å². The molecule has 1 rings (SSSR count). The first-order chi connectivity index (χ1) is 8.92. The Kier molecular flexibility index (Phi) is 5.95. The van der Waals surface area contributed by atoms with Crippen molar-refractivity contribution in [1.82, 2.24) is 5.32 Å². The maximum Gasteiger partial charge on any atom is 0.389 e. The van der Waals surface area contributed by atoms with Crippen molar-refractivity contribution in [3.63, 3.8) is 0 Å². The minimum atomic E-state index is -4.08. The van der Waals surface area contributed by atoms with E-state index in [9.17, 15) is 18.3 Å². The zero-order valence-electron chi connectivity index (χ0n) is 10.8. The number of ether oxygens (including phenoxy) is 1. The molecule has 0 bridgehead atoms. The minimum absolute atomic E-state index is 0.113. The second-order valence-electron chi connectivity index (χ2n) is 4.24. The summed E-state index contributed by atoms with van der Waals surface area (Å²) in [6.45, 7) is 0.906. The van der Waals surface area contributed by atoms with Crippen LogP contribution in [-0.4, -0.2) is 24.9 Å². The van der Waals surface area contributed by atoms with E-state index >= 15 is 0 Å². The van der Waals surface area contributed by atoms with Gasteiger partial charge in [-0.1, -0.05) is 6.07 Å². The molecule has 0 unspecified atom stereocenters. The lowest BCUT2D eigenvalue weighted by Crippen LogP contribution is -2.16. The van der Waals surface area contributed by atoms with Crippen molar-refractivity contribution in [1.29, 1.82) is 0 Å². The summed E-state index contributed by atoms with van der Waals surface area (Å²) in [5.74, 6) is 0.675. The molecule has 0 aliphatic heterocycles. The Morgan fingerprint density at radius 2 is 2.00 bits per heavy atom. The van der Waals surface area contributed by atoms with Gasteiger partial charge in [-0.25, -0.2) is 0 Å². The average molecular weight is 277 g/mol. The fourth-order valence-corrected chi connectivity index (χ4v) is 1.62. The molecule has 0 atom stereocenters. The van der Waals surface area contributed by atoms with Crippen molar-refractivity contribution in [2.45, 2.75) is 32.0 Å². The van der Waals surface area contributed by atoms with Gasteiger partial charge in [0.2, 0.25) is 0 Å². The van der Waals surface area contributed by atoms with Gasteiger partial charge in [0.1, 0.15) is 11.5 Å². The molecule has 3 nitrogen and oxygen atoms in total. The first kappa shape index (κ1) is 15.6. The standard InChI is InChI=1S/C13H18F3NO2/c1-19-11-5-4-10(12(18)8-11)9-17-7-3-2-6-13(14,15)16/h4-5,8,17-18H,2-3,6-7,9H2,1H3. The molecular formula is C13H18F3NO2. The van der Waals surface area contributed by atoms with Crippen LogP contribution in [0.5, 0.6) is 11.5 Å². The minimum Gasteiger partial charge on any atom is -0.507 e. The Labute approximate surface area is 110 Å². The lowest BCUT2D eigenvalue weighted by Gasteiger charge is -2.09. The summed E-state index contributed by atoms with van der Waals surface area (Å²) < 4.78 is 40.6. The molecule has 0 saturated carbocycles. The third-order valence-corrected chi connectivity index (χ3v) is 2.67. The van der Waals surface area contributed by atoms with Crippen LogP contribution in [-0.2, 0) is 6.54 Å². The summed E-state index contributed by atoms with van der Waals surface area (Å²) in [4.78, 5) is 0. The monoisotopic (exact) mass is 277 g/mol. The zero-order chi connectivity index (χ0) is 14.3. The number of phenols is 1. The summed E-state index contributed by atoms with van der Waals surface area (Å²) in [7, 11) is 1.51. The van der Waals surface area contributed by atoms with Gasteiger partial charge in [0.25, 0.3) is 0 Å². The van der Waals surface area contributed by atoms with Gasteiger partial charge in [-0.15, -0.1) is 0 Å². The molecule has 1 aromatic rings. The molecular weight excluding hydrogens is 259 g/mol. The van der Waals surface area contributed by atoms with E-state index in [1.165, 1.54) is 13.2 Å². The Hall–Kier alpha value is -1.43. The molecule has 0 saturated heterocycles. The van der Waals surface area contributed by atoms with Crippen LogP contribution in [0.4, 0.5) is 13.2 Å². The number of rotatable bonds is 7. The Balaban J connectivity index is 2.23. The van der Waals surface area contributed by atoms with Crippen molar-refractivity contribution >= 4 is 0 Å². The number of hydrogen-bond acceptors (Lipinski definition) is 3. The van der Waals surface area contributed by atoms with Gasteiger partial charge in [-0.3, -0.25) is 0 Å². The number of nitrogens with one attached hydrogen (secondary N) is 1. The number of unbranched alkanes of at least 4 members (excludes halogenated alkanes) is 1. The van der Waals surface area contributed by atoms with Crippen LogP contribution in [0.1, 0.15) is 24.8 Å². The smallest absolute Gasteiger partial charge is 0.389 e. The van der Waals surface area contributed by atoms with Gasteiger partial charge >= 0.3 is 6.18 Å². The van der Waals surface area contributed by atoms with E-state index in [0.29, 0.717) is 30.8 Å². The van der Waals surface area contributed by atoms with E-state index in [1.54, 1.807) is 12.1 Å². The molecule has 0 radical (unpaired) electrons. The molecule has 1 aromatic carbocycles. The molecule has 6 heteroatoms. The van der Waals surface area contributed by atoms with Crippen LogP contribution in [0.25, 0.3) is 0 Å². The molecule has 0 spiro atoms. The zero-order valence-corrected chi connectivity index (χ0v) is 10.8. The van der Waals surface area contributed by atoms with Gasteiger partial charge < -0.3 is 15.2 Å². The Morgan fingerprint density at radius 3 is 2.58 bits per heavy atom. The molecule has 0 heterocycles. The molecule has 0 aliphatic rings. The highest BCUT2D eigenvalue weighted by Gasteiger charge is 2.25. The summed E-state index contributed by atoms with van der Waals surface area (Å²) in [5, 5.41) is 12.7. The van der Waals surface area contributed by atoms with Crippen molar-refractivity contribution < 1.29 is 23.0 Å². The number of phenolic OH excluding ortho intramolecular Hbond substituents is 1. The van der Waals surface area contributed by atoms with Gasteiger partial charge in [0.05, 0.1) is 7.11 Å². The van der Waals surface area contributed by atoms with Crippen LogP contribution in [0, 0.1) is 0 Å². The third kappa shape index (κ3) is 6.33. The van der Waals surface area contributed by atoms with Crippen LogP contribution < -0.4 is 10.1 Å². The maximum absolute atomic E-state index is 11.9. The quantitative estimate of drug-likeness (QED) is 0.752. The van der Waals surface area contributed by atoms with E-state index in [0.717, 1.165) is 0 Å². The first-order valence-electron chi connectivity index (χ1n) is 6.06. The normalized spacial score (nSPS) is 11.6. The lowest BCUT2D eigenvalue weighted by molar-refractivity contribution is -0.135. The summed E-state index contributed by atoms with van der Waals surface area (Å²) in [6.07, 6.45) is -4.25. The van der Waals surface area contributed by atoms with Gasteiger partial charge in [-0.2, -0.15) is 13.2 Å².